The molecule has 2 aromatic rings. The molecule has 4 nitrogen and oxygen atoms in total. The summed E-state index contributed by atoms with van der Waals surface area (Å²) in [5.41, 5.74) is 4.01. The van der Waals surface area contributed by atoms with Gasteiger partial charge in [-0.25, -0.2) is 4.79 Å². The lowest BCUT2D eigenvalue weighted by molar-refractivity contribution is 0.0600. The Kier molecular flexibility index (Phi) is 4.21. The van der Waals surface area contributed by atoms with Crippen LogP contribution in [-0.4, -0.2) is 25.9 Å². The maximum Gasteiger partial charge on any atom is 0.337 e. The normalized spacial score (nSPS) is 16.6. The maximum absolute atomic E-state index is 12.7. The molecule has 25 heavy (non-hydrogen) atoms. The second kappa shape index (κ2) is 6.20. The van der Waals surface area contributed by atoms with Gasteiger partial charge in [0, 0.05) is 35.5 Å². The molecule has 0 spiro atoms. The summed E-state index contributed by atoms with van der Waals surface area (Å²) >= 11 is 0. The van der Waals surface area contributed by atoms with Crippen LogP contribution in [0.25, 0.3) is 0 Å². The van der Waals surface area contributed by atoms with Gasteiger partial charge in [0.1, 0.15) is 0 Å². The summed E-state index contributed by atoms with van der Waals surface area (Å²) in [5, 5.41) is 0. The van der Waals surface area contributed by atoms with Gasteiger partial charge in [-0.1, -0.05) is 44.2 Å². The number of ether oxygens (including phenoxy) is 1. The molecule has 1 aliphatic heterocycles. The number of rotatable bonds is 3. The summed E-state index contributed by atoms with van der Waals surface area (Å²) < 4.78 is 4.68. The predicted octanol–water partition coefficient (Wildman–Crippen LogP) is 3.97. The van der Waals surface area contributed by atoms with E-state index in [1.165, 1.54) is 12.7 Å². The highest BCUT2D eigenvalue weighted by Gasteiger charge is 2.38. The zero-order valence-electron chi connectivity index (χ0n) is 14.9. The van der Waals surface area contributed by atoms with E-state index in [-0.39, 0.29) is 11.2 Å². The van der Waals surface area contributed by atoms with E-state index in [9.17, 15) is 9.59 Å². The molecule has 0 aromatic heterocycles. The molecule has 1 heterocycles. The van der Waals surface area contributed by atoms with Crippen molar-refractivity contribution in [1.82, 2.24) is 0 Å². The predicted molar refractivity (Wildman–Crippen MR) is 98.1 cm³/mol. The van der Waals surface area contributed by atoms with Crippen LogP contribution in [-0.2, 0) is 10.2 Å². The molecule has 3 rings (SSSR count). The Morgan fingerprint density at radius 1 is 1.00 bits per heavy atom. The van der Waals surface area contributed by atoms with Crippen LogP contribution >= 0.6 is 0 Å². The first-order chi connectivity index (χ1) is 11.9. The third-order valence-electron chi connectivity index (χ3n) is 4.80. The fourth-order valence-corrected chi connectivity index (χ4v) is 3.35. The molecule has 0 fully saturated rings. The lowest BCUT2D eigenvalue weighted by atomic mass is 9.83. The molecule has 0 N–H and O–H groups in total. The maximum atomic E-state index is 12.7. The number of fused-ring (bicyclic) bond motifs is 1. The largest absolute Gasteiger partial charge is 0.465 e. The highest BCUT2D eigenvalue weighted by atomic mass is 16.5. The summed E-state index contributed by atoms with van der Waals surface area (Å²) in [6.07, 6.45) is 1.69. The van der Waals surface area contributed by atoms with Crippen molar-refractivity contribution in [3.63, 3.8) is 0 Å². The minimum absolute atomic E-state index is 0.0841. The Hall–Kier alpha value is -2.88. The number of allylic oxidation sites excluding steroid dienone is 2. The number of hydrogen-bond donors (Lipinski definition) is 0. The van der Waals surface area contributed by atoms with Gasteiger partial charge in [-0.05, 0) is 23.8 Å². The molecule has 0 unspecified atom stereocenters. The molecule has 0 bridgehead atoms. The average molecular weight is 335 g/mol. The van der Waals surface area contributed by atoms with Gasteiger partial charge >= 0.3 is 5.97 Å². The van der Waals surface area contributed by atoms with E-state index in [2.05, 4.69) is 35.6 Å². The zero-order valence-corrected chi connectivity index (χ0v) is 14.9. The number of methoxy groups -OCH3 is 1. The number of benzene rings is 2. The number of ketones is 1. The molecule has 0 radical (unpaired) electrons. The molecule has 128 valence electrons. The van der Waals surface area contributed by atoms with Crippen LogP contribution in [0.3, 0.4) is 0 Å². The SMILES string of the molecule is COC(=O)c1ccc(C(=O)C=C2N(C)c3ccccc3C2(C)C)cc1. The van der Waals surface area contributed by atoms with E-state index in [0.29, 0.717) is 11.1 Å². The number of carbonyl (C=O) groups excluding carboxylic acids is 2. The number of carbonyl (C=O) groups is 2. The van der Waals surface area contributed by atoms with Crippen molar-refractivity contribution >= 4 is 17.4 Å². The van der Waals surface area contributed by atoms with Crippen molar-refractivity contribution in [1.29, 1.82) is 0 Å². The van der Waals surface area contributed by atoms with Gasteiger partial charge in [0.25, 0.3) is 0 Å². The number of anilines is 1. The van der Waals surface area contributed by atoms with Crippen molar-refractivity contribution in [2.24, 2.45) is 0 Å². The average Bonchev–Trinajstić information content (AvgIpc) is 2.82. The van der Waals surface area contributed by atoms with Gasteiger partial charge < -0.3 is 9.64 Å². The second-order valence-corrected chi connectivity index (χ2v) is 6.66. The Morgan fingerprint density at radius 2 is 1.60 bits per heavy atom. The molecular formula is C21H21NO3. The lowest BCUT2D eigenvalue weighted by Gasteiger charge is -2.24. The summed E-state index contributed by atoms with van der Waals surface area (Å²) in [5.74, 6) is -0.497. The van der Waals surface area contributed by atoms with E-state index in [1.807, 2.05) is 19.2 Å². The molecule has 0 aliphatic carbocycles. The summed E-state index contributed by atoms with van der Waals surface area (Å²) in [7, 11) is 3.31. The fourth-order valence-electron chi connectivity index (χ4n) is 3.35. The van der Waals surface area contributed by atoms with Gasteiger partial charge in [0.05, 0.1) is 12.7 Å². The van der Waals surface area contributed by atoms with Gasteiger partial charge in [-0.3, -0.25) is 4.79 Å². The highest BCUT2D eigenvalue weighted by molar-refractivity contribution is 6.06. The molecule has 0 saturated heterocycles. The second-order valence-electron chi connectivity index (χ2n) is 6.66. The first-order valence-electron chi connectivity index (χ1n) is 8.14. The van der Waals surface area contributed by atoms with Crippen LogP contribution in [0.1, 0.15) is 40.1 Å². The van der Waals surface area contributed by atoms with Crippen molar-refractivity contribution in [2.45, 2.75) is 19.3 Å². The van der Waals surface area contributed by atoms with E-state index >= 15 is 0 Å². The fraction of sp³-hybridized carbons (Fsp3) is 0.238. The third kappa shape index (κ3) is 2.84. The molecule has 0 amide bonds. The number of para-hydroxylation sites is 1. The smallest absolute Gasteiger partial charge is 0.337 e. The first kappa shape index (κ1) is 17.0. The van der Waals surface area contributed by atoms with Crippen LogP contribution < -0.4 is 4.90 Å². The number of hydrogen-bond acceptors (Lipinski definition) is 4. The standard InChI is InChI=1S/C21H21NO3/c1-21(2)16-7-5-6-8-17(16)22(3)19(21)13-18(23)14-9-11-15(12-10-14)20(24)25-4/h5-13H,1-4H3. The number of nitrogens with zero attached hydrogens (tertiary/aromatic N) is 1. The topological polar surface area (TPSA) is 46.6 Å². The number of likely N-dealkylation sites (N-methyl/N-ethyl adjacent to an activating group) is 1. The van der Waals surface area contributed by atoms with E-state index in [1.54, 1.807) is 30.3 Å². The summed E-state index contributed by atoms with van der Waals surface area (Å²) in [6.45, 7) is 4.24. The molecule has 1 aliphatic rings. The van der Waals surface area contributed by atoms with Crippen molar-refractivity contribution in [3.05, 3.63) is 77.0 Å². The molecular weight excluding hydrogens is 314 g/mol. The van der Waals surface area contributed by atoms with Crippen molar-refractivity contribution in [2.75, 3.05) is 19.1 Å². The lowest BCUT2D eigenvalue weighted by Crippen LogP contribution is -2.24. The van der Waals surface area contributed by atoms with Crippen LogP contribution in [0.5, 0.6) is 0 Å². The van der Waals surface area contributed by atoms with Gasteiger partial charge in [0.2, 0.25) is 0 Å². The van der Waals surface area contributed by atoms with Crippen molar-refractivity contribution in [3.8, 4) is 0 Å². The minimum Gasteiger partial charge on any atom is -0.465 e. The molecule has 0 atom stereocenters. The monoisotopic (exact) mass is 335 g/mol. The van der Waals surface area contributed by atoms with E-state index < -0.39 is 5.97 Å². The van der Waals surface area contributed by atoms with Gasteiger partial charge in [-0.2, -0.15) is 0 Å². The quantitative estimate of drug-likeness (QED) is 0.484. The van der Waals surface area contributed by atoms with E-state index in [0.717, 1.165) is 11.4 Å². The Balaban J connectivity index is 1.93. The molecule has 4 heteroatoms. The zero-order chi connectivity index (χ0) is 18.2. The number of esters is 1. The minimum atomic E-state index is -0.413. The summed E-state index contributed by atoms with van der Waals surface area (Å²) in [4.78, 5) is 26.3. The van der Waals surface area contributed by atoms with Crippen LogP contribution in [0.4, 0.5) is 5.69 Å². The first-order valence-corrected chi connectivity index (χ1v) is 8.14. The molecule has 0 saturated carbocycles. The Morgan fingerprint density at radius 3 is 2.20 bits per heavy atom. The van der Waals surface area contributed by atoms with Crippen LogP contribution in [0.15, 0.2) is 60.3 Å². The van der Waals surface area contributed by atoms with Crippen molar-refractivity contribution < 1.29 is 14.3 Å². The van der Waals surface area contributed by atoms with Gasteiger partial charge in [-0.15, -0.1) is 0 Å². The Labute approximate surface area is 147 Å². The van der Waals surface area contributed by atoms with Crippen LogP contribution in [0, 0.1) is 0 Å². The third-order valence-corrected chi connectivity index (χ3v) is 4.80. The van der Waals surface area contributed by atoms with Gasteiger partial charge in [0.15, 0.2) is 5.78 Å². The molecule has 2 aromatic carbocycles. The van der Waals surface area contributed by atoms with Crippen LogP contribution in [0.2, 0.25) is 0 Å². The summed E-state index contributed by atoms with van der Waals surface area (Å²) in [6, 6.07) is 14.7. The Bertz CT molecular complexity index is 863. The van der Waals surface area contributed by atoms with E-state index in [4.69, 9.17) is 0 Å². The highest BCUT2D eigenvalue weighted by Crippen LogP contribution is 2.46.